The number of rotatable bonds is 3. The van der Waals surface area contributed by atoms with Crippen LogP contribution in [0.4, 0.5) is 12.9 Å². The van der Waals surface area contributed by atoms with Crippen molar-refractivity contribution in [3.8, 4) is 0 Å². The molecule has 0 aromatic carbocycles. The molecule has 2 nitrogen and oxygen atoms in total. The fourth-order valence-corrected chi connectivity index (χ4v) is 2.03. The Bertz CT molecular complexity index is 265. The van der Waals surface area contributed by atoms with Crippen LogP contribution in [0.5, 0.6) is 0 Å². The van der Waals surface area contributed by atoms with Crippen molar-refractivity contribution >= 4 is 12.9 Å². The van der Waals surface area contributed by atoms with Gasteiger partial charge in [0, 0.05) is 19.5 Å². The Hall–Kier alpha value is -0.675. The number of hydrogen-bond acceptors (Lipinski definition) is 1. The summed E-state index contributed by atoms with van der Waals surface area (Å²) < 4.78 is 37.2. The molecule has 2 fully saturated rings. The van der Waals surface area contributed by atoms with Crippen LogP contribution in [0, 0.1) is 5.92 Å². The summed E-state index contributed by atoms with van der Waals surface area (Å²) >= 11 is 0. The van der Waals surface area contributed by atoms with Crippen LogP contribution in [0.15, 0.2) is 0 Å². The summed E-state index contributed by atoms with van der Waals surface area (Å²) in [5.41, 5.74) is 0. The molecule has 1 atom stereocenters. The lowest BCUT2D eigenvalue weighted by molar-refractivity contribution is -0.133. The Kier molecular flexibility index (Phi) is 2.69. The second-order valence-corrected chi connectivity index (χ2v) is 4.66. The van der Waals surface area contributed by atoms with Crippen LogP contribution >= 0.6 is 0 Å². The lowest BCUT2D eigenvalue weighted by Crippen LogP contribution is -2.43. The third-order valence-corrected chi connectivity index (χ3v) is 3.27. The van der Waals surface area contributed by atoms with Crippen LogP contribution in [0.1, 0.15) is 25.7 Å². The van der Waals surface area contributed by atoms with E-state index < -0.39 is 12.8 Å². The van der Waals surface area contributed by atoms with Gasteiger partial charge in [-0.1, -0.05) is 12.2 Å². The summed E-state index contributed by atoms with van der Waals surface area (Å²) in [5.74, 6) is -1.10. The second kappa shape index (κ2) is 3.72. The Morgan fingerprint density at radius 3 is 2.40 bits per heavy atom. The SMILES string of the molecule is O=C1CC([B-](F)(F)F)CCN1CC1CC1. The lowest BCUT2D eigenvalue weighted by Gasteiger charge is -2.36. The molecular weight excluding hydrogens is 206 g/mol. The third-order valence-electron chi connectivity index (χ3n) is 3.27. The van der Waals surface area contributed by atoms with Gasteiger partial charge in [0.1, 0.15) is 0 Å². The highest BCUT2D eigenvalue weighted by atomic mass is 19.4. The molecule has 1 heterocycles. The number of hydrogen-bond donors (Lipinski definition) is 0. The van der Waals surface area contributed by atoms with Crippen LogP contribution in [0.3, 0.4) is 0 Å². The molecular formula is C9H14BF3NO-. The maximum absolute atomic E-state index is 12.4. The van der Waals surface area contributed by atoms with Gasteiger partial charge in [0.05, 0.1) is 0 Å². The van der Waals surface area contributed by atoms with E-state index in [4.69, 9.17) is 0 Å². The van der Waals surface area contributed by atoms with Gasteiger partial charge in [-0.2, -0.15) is 0 Å². The van der Waals surface area contributed by atoms with Crippen LogP contribution in [-0.2, 0) is 4.79 Å². The lowest BCUT2D eigenvalue weighted by atomic mass is 9.67. The predicted octanol–water partition coefficient (Wildman–Crippen LogP) is 2.24. The molecule has 2 rings (SSSR count). The number of halogens is 3. The number of likely N-dealkylation sites (tertiary alicyclic amines) is 1. The molecule has 0 aromatic rings. The minimum Gasteiger partial charge on any atom is -0.449 e. The van der Waals surface area contributed by atoms with Crippen molar-refractivity contribution in [3.63, 3.8) is 0 Å². The van der Waals surface area contributed by atoms with E-state index in [1.54, 1.807) is 4.90 Å². The van der Waals surface area contributed by atoms with Gasteiger partial charge in [0.25, 0.3) is 0 Å². The average molecular weight is 220 g/mol. The fourth-order valence-electron chi connectivity index (χ4n) is 2.03. The summed E-state index contributed by atoms with van der Waals surface area (Å²) in [6.45, 7) is -3.86. The maximum atomic E-state index is 12.4. The zero-order valence-corrected chi connectivity index (χ0v) is 8.46. The monoisotopic (exact) mass is 220 g/mol. The molecule has 0 N–H and O–H groups in total. The van der Waals surface area contributed by atoms with E-state index in [-0.39, 0.29) is 18.7 Å². The molecule has 1 aliphatic carbocycles. The molecule has 1 aliphatic heterocycles. The number of nitrogens with zero attached hydrogens (tertiary/aromatic N) is 1. The average Bonchev–Trinajstić information content (AvgIpc) is 2.90. The van der Waals surface area contributed by atoms with E-state index in [1.807, 2.05) is 0 Å². The van der Waals surface area contributed by atoms with E-state index in [9.17, 15) is 17.7 Å². The fraction of sp³-hybridized carbons (Fsp3) is 0.889. The van der Waals surface area contributed by atoms with E-state index in [0.717, 1.165) is 12.8 Å². The van der Waals surface area contributed by atoms with Crippen molar-refractivity contribution in [2.45, 2.75) is 31.5 Å². The van der Waals surface area contributed by atoms with Gasteiger partial charge in [-0.05, 0) is 18.8 Å². The maximum Gasteiger partial charge on any atom is 0.481 e. The van der Waals surface area contributed by atoms with Gasteiger partial charge in [0.2, 0.25) is 5.91 Å². The second-order valence-electron chi connectivity index (χ2n) is 4.66. The smallest absolute Gasteiger partial charge is 0.449 e. The Morgan fingerprint density at radius 2 is 1.93 bits per heavy atom. The third kappa shape index (κ3) is 2.66. The molecule has 1 unspecified atom stereocenters. The predicted molar refractivity (Wildman–Crippen MR) is 51.4 cm³/mol. The number of amides is 1. The first-order chi connectivity index (χ1) is 6.97. The zero-order valence-electron chi connectivity index (χ0n) is 8.46. The largest absolute Gasteiger partial charge is 0.481 e. The first kappa shape index (κ1) is 10.8. The highest BCUT2D eigenvalue weighted by molar-refractivity contribution is 6.60. The minimum atomic E-state index is -4.83. The van der Waals surface area contributed by atoms with Crippen molar-refractivity contribution in [1.29, 1.82) is 0 Å². The van der Waals surface area contributed by atoms with Gasteiger partial charge in [0.15, 0.2) is 0 Å². The topological polar surface area (TPSA) is 20.3 Å². The van der Waals surface area contributed by atoms with Crippen molar-refractivity contribution in [3.05, 3.63) is 0 Å². The Labute approximate surface area is 86.9 Å². The Morgan fingerprint density at radius 1 is 1.27 bits per heavy atom. The molecule has 0 radical (unpaired) electrons. The number of piperidine rings is 1. The van der Waals surface area contributed by atoms with E-state index in [0.29, 0.717) is 19.0 Å². The normalized spacial score (nSPS) is 28.3. The van der Waals surface area contributed by atoms with E-state index >= 15 is 0 Å². The summed E-state index contributed by atoms with van der Waals surface area (Å²) in [5, 5.41) is 0. The number of carbonyl (C=O) groups excluding carboxylic acids is 1. The highest BCUT2D eigenvalue weighted by Gasteiger charge is 2.40. The van der Waals surface area contributed by atoms with E-state index in [1.165, 1.54) is 0 Å². The van der Waals surface area contributed by atoms with Gasteiger partial charge in [-0.25, -0.2) is 0 Å². The van der Waals surface area contributed by atoms with Gasteiger partial charge in [-0.3, -0.25) is 4.79 Å². The number of carbonyl (C=O) groups is 1. The molecule has 0 aromatic heterocycles. The Balaban J connectivity index is 1.87. The van der Waals surface area contributed by atoms with Crippen molar-refractivity contribution in [2.24, 2.45) is 5.92 Å². The van der Waals surface area contributed by atoms with Gasteiger partial charge >= 0.3 is 6.98 Å². The van der Waals surface area contributed by atoms with Crippen LogP contribution in [0.2, 0.25) is 5.82 Å². The standard InChI is InChI=1S/C9H14BF3NO/c11-10(12,13)8-3-4-14(9(15)5-8)6-7-1-2-7/h7-8H,1-6H2/q-1. The molecule has 0 bridgehead atoms. The molecule has 1 amide bonds. The van der Waals surface area contributed by atoms with Crippen LogP contribution in [0.25, 0.3) is 0 Å². The molecule has 1 saturated heterocycles. The summed E-state index contributed by atoms with van der Waals surface area (Å²) in [6.07, 6.45) is 2.02. The molecule has 2 aliphatic rings. The molecule has 0 spiro atoms. The van der Waals surface area contributed by atoms with E-state index in [2.05, 4.69) is 0 Å². The zero-order chi connectivity index (χ0) is 11.1. The van der Waals surface area contributed by atoms with Gasteiger partial charge < -0.3 is 17.8 Å². The summed E-state index contributed by atoms with van der Waals surface area (Å²) in [4.78, 5) is 13.1. The summed E-state index contributed by atoms with van der Waals surface area (Å²) in [6, 6.07) is 0. The van der Waals surface area contributed by atoms with Crippen molar-refractivity contribution in [1.82, 2.24) is 4.90 Å². The first-order valence-corrected chi connectivity index (χ1v) is 5.44. The quantitative estimate of drug-likeness (QED) is 0.668. The molecule has 86 valence electrons. The van der Waals surface area contributed by atoms with Crippen molar-refractivity contribution in [2.75, 3.05) is 13.1 Å². The van der Waals surface area contributed by atoms with Crippen LogP contribution < -0.4 is 0 Å². The first-order valence-electron chi connectivity index (χ1n) is 5.44. The van der Waals surface area contributed by atoms with Crippen molar-refractivity contribution < 1.29 is 17.7 Å². The molecule has 15 heavy (non-hydrogen) atoms. The van der Waals surface area contributed by atoms with Gasteiger partial charge in [-0.15, -0.1) is 0 Å². The molecule has 1 saturated carbocycles. The minimum absolute atomic E-state index is 0.0992. The van der Waals surface area contributed by atoms with Crippen LogP contribution in [-0.4, -0.2) is 30.9 Å². The summed E-state index contributed by atoms with van der Waals surface area (Å²) in [7, 11) is 0. The molecule has 6 heteroatoms. The highest BCUT2D eigenvalue weighted by Crippen LogP contribution is 2.37.